The molecule has 8 nitrogen and oxygen atoms in total. The number of aromatic nitrogens is 2. The number of hydrogen-bond acceptors (Lipinski definition) is 5. The Labute approximate surface area is 221 Å². The fourth-order valence-electron chi connectivity index (χ4n) is 3.67. The zero-order valence-corrected chi connectivity index (χ0v) is 21.1. The van der Waals surface area contributed by atoms with Crippen LogP contribution >= 0.6 is 11.6 Å². The molecule has 4 aromatic rings. The molecule has 0 unspecified atom stereocenters. The predicted molar refractivity (Wildman–Crippen MR) is 137 cm³/mol. The summed E-state index contributed by atoms with van der Waals surface area (Å²) in [5, 5.41) is 6.55. The van der Waals surface area contributed by atoms with Gasteiger partial charge in [-0.3, -0.25) is 0 Å². The summed E-state index contributed by atoms with van der Waals surface area (Å²) in [4.78, 5) is 11.9. The molecule has 4 rings (SSSR count). The summed E-state index contributed by atoms with van der Waals surface area (Å²) < 4.78 is 68.6. The highest BCUT2D eigenvalue weighted by atomic mass is 35.5. The number of benzene rings is 3. The SMILES string of the molecule is Nc1c(-c2ccccc2)c(C(F)(F)F)nn1-c1ccc(CCNC(=O)NS(=O)(=O)c2ccc(Cl)cc2)cc1. The number of anilines is 1. The average molecular weight is 564 g/mol. The van der Waals surface area contributed by atoms with Gasteiger partial charge in [-0.25, -0.2) is 22.6 Å². The fourth-order valence-corrected chi connectivity index (χ4v) is 4.73. The molecule has 2 amide bonds. The molecule has 0 radical (unpaired) electrons. The second-order valence-corrected chi connectivity index (χ2v) is 10.2. The molecule has 4 N–H and O–H groups in total. The Morgan fingerprint density at radius 3 is 2.21 bits per heavy atom. The van der Waals surface area contributed by atoms with Gasteiger partial charge in [-0.05, 0) is 53.9 Å². The minimum absolute atomic E-state index is 0.0988. The standard InChI is InChI=1S/C25H21ClF3N5O3S/c26-18-8-12-20(13-9-18)38(36,37)33-24(35)31-15-14-16-6-10-19(11-7-16)34-23(30)21(17-4-2-1-3-5-17)22(32-34)25(27,28)29/h1-13H,14-15,30H2,(H2,31,33,35). The third-order valence-corrected chi connectivity index (χ3v) is 7.08. The molecule has 0 saturated carbocycles. The molecular formula is C25H21ClF3N5O3S. The maximum atomic E-state index is 13.7. The van der Waals surface area contributed by atoms with Crippen molar-refractivity contribution in [2.75, 3.05) is 12.3 Å². The minimum atomic E-state index is -4.71. The molecule has 1 heterocycles. The Balaban J connectivity index is 1.42. The first-order valence-corrected chi connectivity index (χ1v) is 13.0. The van der Waals surface area contributed by atoms with Crippen LogP contribution in [-0.4, -0.2) is 30.8 Å². The van der Waals surface area contributed by atoms with E-state index >= 15 is 0 Å². The van der Waals surface area contributed by atoms with Crippen molar-refractivity contribution in [3.05, 3.63) is 95.1 Å². The average Bonchev–Trinajstić information content (AvgIpc) is 3.22. The molecule has 0 fully saturated rings. The van der Waals surface area contributed by atoms with E-state index in [0.717, 1.165) is 10.2 Å². The van der Waals surface area contributed by atoms with E-state index in [0.29, 0.717) is 22.7 Å². The predicted octanol–water partition coefficient (Wildman–Crippen LogP) is 5.02. The van der Waals surface area contributed by atoms with Gasteiger partial charge in [0.05, 0.1) is 16.1 Å². The van der Waals surface area contributed by atoms with Gasteiger partial charge in [0, 0.05) is 11.6 Å². The van der Waals surface area contributed by atoms with Crippen LogP contribution in [-0.2, 0) is 22.6 Å². The lowest BCUT2D eigenvalue weighted by atomic mass is 10.1. The molecule has 13 heteroatoms. The highest BCUT2D eigenvalue weighted by Crippen LogP contribution is 2.40. The number of carbonyl (C=O) groups excluding carboxylic acids is 1. The van der Waals surface area contributed by atoms with E-state index in [-0.39, 0.29) is 22.8 Å². The molecule has 0 atom stereocenters. The van der Waals surface area contributed by atoms with Crippen molar-refractivity contribution < 1.29 is 26.4 Å². The van der Waals surface area contributed by atoms with Crippen molar-refractivity contribution in [1.82, 2.24) is 19.8 Å². The Hall–Kier alpha value is -4.03. The van der Waals surface area contributed by atoms with E-state index < -0.39 is 27.9 Å². The summed E-state index contributed by atoms with van der Waals surface area (Å²) in [5.41, 5.74) is 6.16. The Kier molecular flexibility index (Phi) is 7.65. The van der Waals surface area contributed by atoms with Crippen LogP contribution in [0.25, 0.3) is 16.8 Å². The Morgan fingerprint density at radius 2 is 1.61 bits per heavy atom. The number of nitrogens with zero attached hydrogens (tertiary/aromatic N) is 2. The molecule has 198 valence electrons. The van der Waals surface area contributed by atoms with Crippen LogP contribution < -0.4 is 15.8 Å². The number of rotatable bonds is 7. The van der Waals surface area contributed by atoms with Crippen LogP contribution in [0.2, 0.25) is 5.02 Å². The zero-order chi connectivity index (χ0) is 27.5. The summed E-state index contributed by atoms with van der Waals surface area (Å²) in [5.74, 6) is -0.156. The van der Waals surface area contributed by atoms with Gasteiger partial charge in [-0.1, -0.05) is 54.1 Å². The maximum Gasteiger partial charge on any atom is 0.435 e. The smallest absolute Gasteiger partial charge is 0.383 e. The summed E-state index contributed by atoms with van der Waals surface area (Å²) in [6.07, 6.45) is -4.38. The Bertz CT molecular complexity index is 1540. The molecule has 38 heavy (non-hydrogen) atoms. The molecule has 0 bridgehead atoms. The Morgan fingerprint density at radius 1 is 0.974 bits per heavy atom. The molecule has 0 aliphatic rings. The minimum Gasteiger partial charge on any atom is -0.383 e. The van der Waals surface area contributed by atoms with Crippen molar-refractivity contribution in [2.24, 2.45) is 0 Å². The largest absolute Gasteiger partial charge is 0.435 e. The van der Waals surface area contributed by atoms with Crippen LogP contribution in [0.5, 0.6) is 0 Å². The van der Waals surface area contributed by atoms with Crippen LogP contribution in [0.4, 0.5) is 23.8 Å². The molecule has 0 aliphatic carbocycles. The van der Waals surface area contributed by atoms with Gasteiger partial charge in [0.1, 0.15) is 5.82 Å². The highest BCUT2D eigenvalue weighted by Gasteiger charge is 2.39. The number of alkyl halides is 3. The number of nitrogens with one attached hydrogen (secondary N) is 2. The number of amides is 2. The van der Waals surface area contributed by atoms with E-state index in [1.165, 1.54) is 36.4 Å². The van der Waals surface area contributed by atoms with Gasteiger partial charge in [0.2, 0.25) is 0 Å². The molecule has 0 aliphatic heterocycles. The molecule has 0 spiro atoms. The number of urea groups is 1. The highest BCUT2D eigenvalue weighted by molar-refractivity contribution is 7.90. The van der Waals surface area contributed by atoms with Crippen molar-refractivity contribution in [3.8, 4) is 16.8 Å². The zero-order valence-electron chi connectivity index (χ0n) is 19.5. The number of nitrogen functional groups attached to an aromatic ring is 1. The van der Waals surface area contributed by atoms with Crippen LogP contribution in [0, 0.1) is 0 Å². The number of halogens is 4. The first-order chi connectivity index (χ1) is 18.0. The molecule has 1 aromatic heterocycles. The third-order valence-electron chi connectivity index (χ3n) is 5.48. The van der Waals surface area contributed by atoms with Crippen LogP contribution in [0.1, 0.15) is 11.3 Å². The summed E-state index contributed by atoms with van der Waals surface area (Å²) in [6, 6.07) is 18.8. The van der Waals surface area contributed by atoms with Gasteiger partial charge in [-0.15, -0.1) is 0 Å². The summed E-state index contributed by atoms with van der Waals surface area (Å²) in [6.45, 7) is 0.0988. The van der Waals surface area contributed by atoms with Gasteiger partial charge in [0.25, 0.3) is 10.0 Å². The van der Waals surface area contributed by atoms with Crippen molar-refractivity contribution in [1.29, 1.82) is 0 Å². The van der Waals surface area contributed by atoms with Gasteiger partial charge < -0.3 is 11.1 Å². The summed E-state index contributed by atoms with van der Waals surface area (Å²) in [7, 11) is -4.07. The maximum absolute atomic E-state index is 13.7. The topological polar surface area (TPSA) is 119 Å². The molecular weight excluding hydrogens is 543 g/mol. The lowest BCUT2D eigenvalue weighted by molar-refractivity contribution is -0.140. The second-order valence-electron chi connectivity index (χ2n) is 8.12. The number of sulfonamides is 1. The van der Waals surface area contributed by atoms with Gasteiger partial charge in [-0.2, -0.15) is 18.3 Å². The van der Waals surface area contributed by atoms with E-state index in [1.54, 1.807) is 42.5 Å². The summed E-state index contributed by atoms with van der Waals surface area (Å²) >= 11 is 5.75. The lowest BCUT2D eigenvalue weighted by Crippen LogP contribution is -2.40. The first kappa shape index (κ1) is 27.0. The van der Waals surface area contributed by atoms with Crippen molar-refractivity contribution in [2.45, 2.75) is 17.5 Å². The van der Waals surface area contributed by atoms with E-state index in [4.69, 9.17) is 17.3 Å². The number of nitrogens with two attached hydrogens (primary N) is 1. The van der Waals surface area contributed by atoms with Gasteiger partial charge >= 0.3 is 12.2 Å². The fraction of sp³-hybridized carbons (Fsp3) is 0.120. The quantitative estimate of drug-likeness (QED) is 0.291. The van der Waals surface area contributed by atoms with E-state index in [1.807, 2.05) is 4.72 Å². The lowest BCUT2D eigenvalue weighted by Gasteiger charge is -2.10. The van der Waals surface area contributed by atoms with E-state index in [9.17, 15) is 26.4 Å². The van der Waals surface area contributed by atoms with Crippen LogP contribution in [0.3, 0.4) is 0 Å². The number of hydrogen-bond donors (Lipinski definition) is 3. The third kappa shape index (κ3) is 6.09. The second kappa shape index (κ2) is 10.8. The number of carbonyl (C=O) groups is 1. The normalized spacial score (nSPS) is 11.8. The van der Waals surface area contributed by atoms with Crippen molar-refractivity contribution in [3.63, 3.8) is 0 Å². The van der Waals surface area contributed by atoms with E-state index in [2.05, 4.69) is 10.4 Å². The van der Waals surface area contributed by atoms with Gasteiger partial charge in [0.15, 0.2) is 5.69 Å². The molecule has 0 saturated heterocycles. The first-order valence-electron chi connectivity index (χ1n) is 11.1. The monoisotopic (exact) mass is 563 g/mol. The van der Waals surface area contributed by atoms with Crippen LogP contribution in [0.15, 0.2) is 83.8 Å². The molecule has 3 aromatic carbocycles. The van der Waals surface area contributed by atoms with Crippen molar-refractivity contribution >= 4 is 33.5 Å².